The Morgan fingerprint density at radius 3 is 2.56 bits per heavy atom. The topological polar surface area (TPSA) is 93.7 Å². The molecule has 18 heavy (non-hydrogen) atoms. The number of carbonyl (C=O) groups is 1. The van der Waals surface area contributed by atoms with Crippen molar-refractivity contribution >= 4 is 6.16 Å². The summed E-state index contributed by atoms with van der Waals surface area (Å²) < 4.78 is 1.46. The molecule has 1 heterocycles. The maximum Gasteiger partial charge on any atom is 0.531 e. The van der Waals surface area contributed by atoms with Crippen molar-refractivity contribution in [1.82, 2.24) is 9.30 Å². The molecule has 94 valence electrons. The molecule has 2 rings (SSSR count). The van der Waals surface area contributed by atoms with Gasteiger partial charge in [-0.15, -0.1) is 0 Å². The number of benzene rings is 1. The average molecular weight is 250 g/mol. The third kappa shape index (κ3) is 2.34. The molecule has 0 fully saturated rings. The van der Waals surface area contributed by atoms with Gasteiger partial charge in [0.05, 0.1) is 12.7 Å². The number of nitrogens with zero attached hydrogens (tertiary/aromatic N) is 2. The minimum atomic E-state index is -1.68. The van der Waals surface area contributed by atoms with Crippen molar-refractivity contribution < 1.29 is 19.8 Å². The number of aromatic nitrogens is 2. The summed E-state index contributed by atoms with van der Waals surface area (Å²) in [6.45, 7) is 0.212. The average Bonchev–Trinajstić information content (AvgIpc) is 2.58. The second-order valence-corrected chi connectivity index (χ2v) is 3.53. The monoisotopic (exact) mass is 250 g/mol. The van der Waals surface area contributed by atoms with Crippen LogP contribution >= 0.6 is 0 Å². The number of rotatable bonds is 3. The Morgan fingerprint density at radius 2 is 1.94 bits per heavy atom. The summed E-state index contributed by atoms with van der Waals surface area (Å²) in [5.74, 6) is -0.571. The lowest BCUT2D eigenvalue weighted by Gasteiger charge is -2.00. The Labute approximate surface area is 101 Å². The Bertz CT molecular complexity index is 614. The van der Waals surface area contributed by atoms with E-state index < -0.39 is 17.7 Å². The first-order valence-corrected chi connectivity index (χ1v) is 5.04. The van der Waals surface area contributed by atoms with Crippen molar-refractivity contribution in [3.05, 3.63) is 52.6 Å². The summed E-state index contributed by atoms with van der Waals surface area (Å²) in [6, 6.07) is 9.07. The highest BCUT2D eigenvalue weighted by Crippen LogP contribution is 2.07. The molecule has 2 N–H and O–H groups in total. The number of carboxylic acid groups (broad SMARTS) is 1. The third-order valence-corrected chi connectivity index (χ3v) is 2.26. The van der Waals surface area contributed by atoms with E-state index in [2.05, 4.69) is 4.84 Å². The van der Waals surface area contributed by atoms with Gasteiger partial charge in [0.1, 0.15) is 0 Å². The van der Waals surface area contributed by atoms with Crippen molar-refractivity contribution in [2.24, 2.45) is 0 Å². The van der Waals surface area contributed by atoms with Crippen LogP contribution in [0.2, 0.25) is 0 Å². The van der Waals surface area contributed by atoms with Gasteiger partial charge >= 0.3 is 11.8 Å². The molecule has 0 aliphatic carbocycles. The van der Waals surface area contributed by atoms with Gasteiger partial charge in [0.15, 0.2) is 0 Å². The Hall–Kier alpha value is -2.70. The number of aromatic hydroxyl groups is 1. The van der Waals surface area contributed by atoms with Crippen molar-refractivity contribution in [3.63, 3.8) is 0 Å². The molecule has 0 atom stereocenters. The van der Waals surface area contributed by atoms with Crippen LogP contribution in [0.25, 0.3) is 0 Å². The first kappa shape index (κ1) is 11.8. The fourth-order valence-electron chi connectivity index (χ4n) is 1.52. The van der Waals surface area contributed by atoms with Crippen LogP contribution in [-0.4, -0.2) is 25.7 Å². The van der Waals surface area contributed by atoms with Crippen LogP contribution in [0.15, 0.2) is 41.3 Å². The van der Waals surface area contributed by atoms with E-state index in [0.29, 0.717) is 4.73 Å². The molecular formula is C11H10N2O5. The summed E-state index contributed by atoms with van der Waals surface area (Å²) in [5, 5.41) is 17.8. The molecule has 7 heteroatoms. The Kier molecular flexibility index (Phi) is 3.05. The minimum absolute atomic E-state index is 0.212. The minimum Gasteiger partial charge on any atom is -0.491 e. The molecule has 1 aromatic heterocycles. The van der Waals surface area contributed by atoms with Crippen molar-refractivity contribution in [1.29, 1.82) is 0 Å². The second kappa shape index (κ2) is 4.66. The Balaban J connectivity index is 2.30. The molecule has 0 bridgehead atoms. The molecule has 0 spiro atoms. The summed E-state index contributed by atoms with van der Waals surface area (Å²) in [4.78, 5) is 26.2. The molecule has 0 saturated carbocycles. The van der Waals surface area contributed by atoms with Crippen LogP contribution in [0.3, 0.4) is 0 Å². The van der Waals surface area contributed by atoms with Crippen LogP contribution in [-0.2, 0) is 6.54 Å². The van der Waals surface area contributed by atoms with Crippen LogP contribution in [0, 0.1) is 0 Å². The summed E-state index contributed by atoms with van der Waals surface area (Å²) in [5.41, 5.74) is 0.0748. The van der Waals surface area contributed by atoms with E-state index in [9.17, 15) is 14.7 Å². The van der Waals surface area contributed by atoms with Crippen LogP contribution in [0.4, 0.5) is 4.79 Å². The van der Waals surface area contributed by atoms with Crippen molar-refractivity contribution in [2.75, 3.05) is 0 Å². The van der Waals surface area contributed by atoms with Gasteiger partial charge in [-0.2, -0.15) is 0 Å². The zero-order chi connectivity index (χ0) is 13.1. The predicted molar refractivity (Wildman–Crippen MR) is 60.5 cm³/mol. The van der Waals surface area contributed by atoms with E-state index in [0.717, 1.165) is 16.3 Å². The van der Waals surface area contributed by atoms with E-state index >= 15 is 0 Å². The van der Waals surface area contributed by atoms with Crippen molar-refractivity contribution in [3.8, 4) is 5.88 Å². The molecule has 0 radical (unpaired) electrons. The lowest BCUT2D eigenvalue weighted by Crippen LogP contribution is -2.31. The highest BCUT2D eigenvalue weighted by Gasteiger charge is 2.14. The first-order valence-electron chi connectivity index (χ1n) is 5.04. The highest BCUT2D eigenvalue weighted by molar-refractivity contribution is 5.57. The Morgan fingerprint density at radius 1 is 1.28 bits per heavy atom. The van der Waals surface area contributed by atoms with Gasteiger partial charge in [-0.3, -0.25) is 9.40 Å². The SMILES string of the molecule is O=C(O)On1c(O)cn(Cc2ccccc2)c1=O. The lowest BCUT2D eigenvalue weighted by molar-refractivity contribution is 0.0688. The predicted octanol–water partition coefficient (Wildman–Crippen LogP) is 0.510. The van der Waals surface area contributed by atoms with Gasteiger partial charge in [-0.05, 0) is 5.56 Å². The smallest absolute Gasteiger partial charge is 0.491 e. The number of hydrogen-bond acceptors (Lipinski definition) is 4. The number of imidazole rings is 1. The summed E-state index contributed by atoms with van der Waals surface area (Å²) in [7, 11) is 0. The van der Waals surface area contributed by atoms with Crippen LogP contribution < -0.4 is 10.5 Å². The van der Waals surface area contributed by atoms with Gasteiger partial charge in [-0.1, -0.05) is 35.1 Å². The normalized spacial score (nSPS) is 10.2. The zero-order valence-electron chi connectivity index (χ0n) is 9.18. The highest BCUT2D eigenvalue weighted by atomic mass is 16.8. The third-order valence-electron chi connectivity index (χ3n) is 2.26. The van der Waals surface area contributed by atoms with E-state index in [4.69, 9.17) is 5.11 Å². The first-order chi connectivity index (χ1) is 8.58. The van der Waals surface area contributed by atoms with Gasteiger partial charge in [0, 0.05) is 0 Å². The molecule has 0 saturated heterocycles. The molecule has 0 amide bonds. The molecule has 1 aromatic carbocycles. The van der Waals surface area contributed by atoms with E-state index in [1.807, 2.05) is 18.2 Å². The summed E-state index contributed by atoms with van der Waals surface area (Å²) in [6.07, 6.45) is -0.567. The molecule has 0 aliphatic heterocycles. The number of hydrogen-bond donors (Lipinski definition) is 2. The van der Waals surface area contributed by atoms with E-state index in [1.165, 1.54) is 0 Å². The zero-order valence-corrected chi connectivity index (χ0v) is 9.18. The van der Waals surface area contributed by atoms with E-state index in [-0.39, 0.29) is 6.54 Å². The molecular weight excluding hydrogens is 240 g/mol. The van der Waals surface area contributed by atoms with Gasteiger partial charge in [0.25, 0.3) is 0 Å². The summed E-state index contributed by atoms with van der Waals surface area (Å²) >= 11 is 0. The second-order valence-electron chi connectivity index (χ2n) is 3.53. The van der Waals surface area contributed by atoms with Gasteiger partial charge in [0.2, 0.25) is 5.88 Å². The largest absolute Gasteiger partial charge is 0.531 e. The lowest BCUT2D eigenvalue weighted by atomic mass is 10.2. The van der Waals surface area contributed by atoms with Gasteiger partial charge < -0.3 is 10.2 Å². The van der Waals surface area contributed by atoms with E-state index in [1.54, 1.807) is 12.1 Å². The molecule has 7 nitrogen and oxygen atoms in total. The maximum atomic E-state index is 11.7. The van der Waals surface area contributed by atoms with Gasteiger partial charge in [-0.25, -0.2) is 9.59 Å². The van der Waals surface area contributed by atoms with Crippen LogP contribution in [0.5, 0.6) is 5.88 Å². The quantitative estimate of drug-likeness (QED) is 0.827. The maximum absolute atomic E-state index is 11.7. The fraction of sp³-hybridized carbons (Fsp3) is 0.0909. The van der Waals surface area contributed by atoms with Crippen molar-refractivity contribution in [2.45, 2.75) is 6.54 Å². The molecule has 2 aromatic rings. The fourth-order valence-corrected chi connectivity index (χ4v) is 1.52. The molecule has 0 aliphatic rings. The van der Waals surface area contributed by atoms with Crippen LogP contribution in [0.1, 0.15) is 5.56 Å². The molecule has 0 unspecified atom stereocenters. The standard InChI is InChI=1S/C11H10N2O5/c14-9-7-12(6-8-4-2-1-3-5-8)10(15)13(9)18-11(16)17/h1-5,7,14H,6H2,(H,16,17).